The van der Waals surface area contributed by atoms with E-state index in [-0.39, 0.29) is 12.1 Å². The van der Waals surface area contributed by atoms with Gasteiger partial charge in [0, 0.05) is 19.1 Å². The number of fused-ring (bicyclic) bond motifs is 1. The van der Waals surface area contributed by atoms with Gasteiger partial charge in [0.2, 0.25) is 0 Å². The molecule has 0 aromatic rings. The van der Waals surface area contributed by atoms with Crippen LogP contribution in [0.5, 0.6) is 0 Å². The number of hydrogen-bond acceptors (Lipinski definition) is 2. The molecule has 1 saturated carbocycles. The van der Waals surface area contributed by atoms with Gasteiger partial charge in [0.25, 0.3) is 0 Å². The highest BCUT2D eigenvalue weighted by molar-refractivity contribution is 5.84. The van der Waals surface area contributed by atoms with Gasteiger partial charge in [-0.15, -0.1) is 0 Å². The Kier molecular flexibility index (Phi) is 3.84. The van der Waals surface area contributed by atoms with Crippen LogP contribution in [0.3, 0.4) is 0 Å². The molecule has 0 radical (unpaired) electrons. The van der Waals surface area contributed by atoms with E-state index < -0.39 is 12.0 Å². The van der Waals surface area contributed by atoms with Gasteiger partial charge in [-0.2, -0.15) is 0 Å². The maximum absolute atomic E-state index is 12.9. The van der Waals surface area contributed by atoms with Crippen LogP contribution in [-0.2, 0) is 4.79 Å². The molecule has 2 heterocycles. The van der Waals surface area contributed by atoms with Crippen molar-refractivity contribution < 1.29 is 14.7 Å². The third-order valence-corrected chi connectivity index (χ3v) is 5.85. The van der Waals surface area contributed by atoms with Crippen LogP contribution in [0.4, 0.5) is 4.79 Å². The molecule has 3 fully saturated rings. The highest BCUT2D eigenvalue weighted by Gasteiger charge is 2.49. The number of aliphatic carboxylic acids is 1. The Labute approximate surface area is 126 Å². The lowest BCUT2D eigenvalue weighted by Crippen LogP contribution is -2.51. The number of carboxylic acid groups (broad SMARTS) is 1. The van der Waals surface area contributed by atoms with Crippen molar-refractivity contribution in [2.45, 2.75) is 58.0 Å². The number of hydrogen-bond donors (Lipinski definition) is 1. The summed E-state index contributed by atoms with van der Waals surface area (Å²) in [6.07, 6.45) is 4.98. The molecule has 21 heavy (non-hydrogen) atoms. The second-order valence-electron chi connectivity index (χ2n) is 7.25. The maximum Gasteiger partial charge on any atom is 0.326 e. The number of carboxylic acids is 1. The van der Waals surface area contributed by atoms with Crippen LogP contribution in [0.15, 0.2) is 0 Å². The van der Waals surface area contributed by atoms with Crippen molar-refractivity contribution >= 4 is 12.0 Å². The van der Waals surface area contributed by atoms with E-state index in [0.29, 0.717) is 24.2 Å². The summed E-state index contributed by atoms with van der Waals surface area (Å²) in [6, 6.07) is -0.497. The Morgan fingerprint density at radius 2 is 1.67 bits per heavy atom. The summed E-state index contributed by atoms with van der Waals surface area (Å²) in [4.78, 5) is 28.1. The molecular formula is C16H26N2O3. The predicted molar refractivity (Wildman–Crippen MR) is 78.9 cm³/mol. The molecule has 2 saturated heterocycles. The molecule has 0 bridgehead atoms. The lowest BCUT2D eigenvalue weighted by Gasteiger charge is -2.35. The number of carbonyl (C=O) groups is 2. The van der Waals surface area contributed by atoms with Crippen molar-refractivity contribution in [2.24, 2.45) is 17.8 Å². The molecule has 118 valence electrons. The zero-order valence-corrected chi connectivity index (χ0v) is 13.0. The van der Waals surface area contributed by atoms with Crippen LogP contribution in [0, 0.1) is 17.8 Å². The van der Waals surface area contributed by atoms with E-state index in [0.717, 1.165) is 32.4 Å². The Bertz CT molecular complexity index is 429. The van der Waals surface area contributed by atoms with E-state index in [1.165, 1.54) is 6.42 Å². The van der Waals surface area contributed by atoms with Gasteiger partial charge in [-0.05, 0) is 37.0 Å². The fourth-order valence-electron chi connectivity index (χ4n) is 4.40. The molecule has 0 aromatic carbocycles. The molecule has 1 N–H and O–H groups in total. The average molecular weight is 294 g/mol. The van der Waals surface area contributed by atoms with E-state index in [1.807, 2.05) is 4.90 Å². The van der Waals surface area contributed by atoms with Crippen LogP contribution < -0.4 is 0 Å². The van der Waals surface area contributed by atoms with E-state index >= 15 is 0 Å². The molecule has 2 amide bonds. The number of urea groups is 1. The monoisotopic (exact) mass is 294 g/mol. The minimum atomic E-state index is -0.835. The fourth-order valence-corrected chi connectivity index (χ4v) is 4.40. The SMILES string of the molecule is CC1CN(C(=O)N2C(C(=O)O)CC3CCCCC32)CC1C. The normalized spacial score (nSPS) is 39.4. The quantitative estimate of drug-likeness (QED) is 0.808. The Morgan fingerprint density at radius 3 is 2.29 bits per heavy atom. The molecule has 0 spiro atoms. The van der Waals surface area contributed by atoms with Gasteiger partial charge in [-0.3, -0.25) is 0 Å². The van der Waals surface area contributed by atoms with Crippen molar-refractivity contribution in [1.29, 1.82) is 0 Å². The second-order valence-corrected chi connectivity index (χ2v) is 7.25. The number of amides is 2. The number of likely N-dealkylation sites (tertiary alicyclic amines) is 2. The van der Waals surface area contributed by atoms with Crippen LogP contribution in [-0.4, -0.2) is 52.1 Å². The summed E-state index contributed by atoms with van der Waals surface area (Å²) in [6.45, 7) is 5.86. The maximum atomic E-state index is 12.9. The molecule has 5 nitrogen and oxygen atoms in total. The predicted octanol–water partition coefficient (Wildman–Crippen LogP) is 2.41. The molecule has 5 heteroatoms. The highest BCUT2D eigenvalue weighted by atomic mass is 16.4. The Hall–Kier alpha value is -1.26. The standard InChI is InChI=1S/C16H26N2O3/c1-10-8-17(9-11(10)2)16(21)18-13-6-4-3-5-12(13)7-14(18)15(19)20/h10-14H,3-9H2,1-2H3,(H,19,20). The Balaban J connectivity index is 1.80. The van der Waals surface area contributed by atoms with E-state index in [4.69, 9.17) is 0 Å². The highest BCUT2D eigenvalue weighted by Crippen LogP contribution is 2.41. The van der Waals surface area contributed by atoms with Gasteiger partial charge in [-0.25, -0.2) is 9.59 Å². The third kappa shape index (κ3) is 2.51. The fraction of sp³-hybridized carbons (Fsp3) is 0.875. The van der Waals surface area contributed by atoms with Crippen molar-refractivity contribution in [3.8, 4) is 0 Å². The van der Waals surface area contributed by atoms with Crippen LogP contribution in [0.1, 0.15) is 46.0 Å². The molecular weight excluding hydrogens is 268 g/mol. The lowest BCUT2D eigenvalue weighted by molar-refractivity contribution is -0.141. The van der Waals surface area contributed by atoms with Crippen molar-refractivity contribution in [1.82, 2.24) is 9.80 Å². The van der Waals surface area contributed by atoms with Gasteiger partial charge < -0.3 is 14.9 Å². The van der Waals surface area contributed by atoms with E-state index in [1.54, 1.807) is 4.90 Å². The molecule has 3 rings (SSSR count). The van der Waals surface area contributed by atoms with Crippen molar-refractivity contribution in [2.75, 3.05) is 13.1 Å². The second kappa shape index (κ2) is 5.50. The zero-order chi connectivity index (χ0) is 15.1. The van der Waals surface area contributed by atoms with Crippen LogP contribution >= 0.6 is 0 Å². The summed E-state index contributed by atoms with van der Waals surface area (Å²) >= 11 is 0. The molecule has 0 aromatic heterocycles. The topological polar surface area (TPSA) is 60.9 Å². The summed E-state index contributed by atoms with van der Waals surface area (Å²) in [5.41, 5.74) is 0. The summed E-state index contributed by atoms with van der Waals surface area (Å²) in [5.74, 6) is 0.559. The van der Waals surface area contributed by atoms with Gasteiger partial charge in [0.1, 0.15) is 6.04 Å². The minimum Gasteiger partial charge on any atom is -0.480 e. The first-order valence-corrected chi connectivity index (χ1v) is 8.29. The summed E-state index contributed by atoms with van der Waals surface area (Å²) in [7, 11) is 0. The zero-order valence-electron chi connectivity index (χ0n) is 13.0. The van der Waals surface area contributed by atoms with E-state index in [9.17, 15) is 14.7 Å². The number of carbonyl (C=O) groups excluding carboxylic acids is 1. The minimum absolute atomic E-state index is 0.0343. The van der Waals surface area contributed by atoms with E-state index in [2.05, 4.69) is 13.8 Å². The molecule has 2 aliphatic heterocycles. The average Bonchev–Trinajstić information content (AvgIpc) is 2.99. The van der Waals surface area contributed by atoms with Gasteiger partial charge in [0.05, 0.1) is 0 Å². The number of rotatable bonds is 1. The third-order valence-electron chi connectivity index (χ3n) is 5.85. The first kappa shape index (κ1) is 14.7. The Morgan fingerprint density at radius 1 is 1.05 bits per heavy atom. The smallest absolute Gasteiger partial charge is 0.326 e. The molecule has 5 unspecified atom stereocenters. The largest absolute Gasteiger partial charge is 0.480 e. The first-order chi connectivity index (χ1) is 9.99. The summed E-state index contributed by atoms with van der Waals surface area (Å²) < 4.78 is 0. The van der Waals surface area contributed by atoms with Gasteiger partial charge >= 0.3 is 12.0 Å². The van der Waals surface area contributed by atoms with Crippen molar-refractivity contribution in [3.05, 3.63) is 0 Å². The molecule has 5 atom stereocenters. The molecule has 1 aliphatic carbocycles. The van der Waals surface area contributed by atoms with Gasteiger partial charge in [-0.1, -0.05) is 26.7 Å². The van der Waals surface area contributed by atoms with Gasteiger partial charge in [0.15, 0.2) is 0 Å². The lowest BCUT2D eigenvalue weighted by atomic mass is 9.85. The molecule has 3 aliphatic rings. The summed E-state index contributed by atoms with van der Waals surface area (Å²) in [5, 5.41) is 9.51. The van der Waals surface area contributed by atoms with Crippen LogP contribution in [0.25, 0.3) is 0 Å². The van der Waals surface area contributed by atoms with Crippen LogP contribution in [0.2, 0.25) is 0 Å². The first-order valence-electron chi connectivity index (χ1n) is 8.29. The van der Waals surface area contributed by atoms with Crippen molar-refractivity contribution in [3.63, 3.8) is 0 Å². The number of nitrogens with zero attached hydrogens (tertiary/aromatic N) is 2.